The van der Waals surface area contributed by atoms with Crippen molar-refractivity contribution in [1.29, 1.82) is 0 Å². The van der Waals surface area contributed by atoms with E-state index in [1.165, 1.54) is 12.8 Å². The van der Waals surface area contributed by atoms with Crippen molar-refractivity contribution in [2.75, 3.05) is 26.7 Å². The standard InChI is InChI=1S/C23H29N3O3/c1-25(21(17-26-13-5-6-14-26)20-7-3-2-4-8-20)22(27)15-18-9-11-19(12-10-18)16-24-23(28)29/h2-4,7-12,21,24H,5-6,13-17H2,1H3,(H,28,29). The predicted molar refractivity (Wildman–Crippen MR) is 113 cm³/mol. The zero-order chi connectivity index (χ0) is 20.6. The molecule has 2 aromatic carbocycles. The lowest BCUT2D eigenvalue weighted by molar-refractivity contribution is -0.131. The summed E-state index contributed by atoms with van der Waals surface area (Å²) < 4.78 is 0. The molecular formula is C23H29N3O3. The van der Waals surface area contributed by atoms with Crippen LogP contribution in [-0.4, -0.2) is 53.6 Å². The molecule has 2 N–H and O–H groups in total. The molecule has 1 fully saturated rings. The summed E-state index contributed by atoms with van der Waals surface area (Å²) >= 11 is 0. The van der Waals surface area contributed by atoms with E-state index in [-0.39, 0.29) is 18.5 Å². The van der Waals surface area contributed by atoms with Gasteiger partial charge in [-0.2, -0.15) is 0 Å². The lowest BCUT2D eigenvalue weighted by Crippen LogP contribution is -2.39. The van der Waals surface area contributed by atoms with E-state index in [4.69, 9.17) is 5.11 Å². The van der Waals surface area contributed by atoms with Crippen molar-refractivity contribution < 1.29 is 14.7 Å². The van der Waals surface area contributed by atoms with Crippen LogP contribution in [0.25, 0.3) is 0 Å². The van der Waals surface area contributed by atoms with Crippen LogP contribution in [0.15, 0.2) is 54.6 Å². The Kier molecular flexibility index (Phi) is 7.25. The number of nitrogens with zero attached hydrogens (tertiary/aromatic N) is 2. The molecule has 3 rings (SSSR count). The molecule has 29 heavy (non-hydrogen) atoms. The highest BCUT2D eigenvalue weighted by atomic mass is 16.4. The quantitative estimate of drug-likeness (QED) is 0.719. The largest absolute Gasteiger partial charge is 0.465 e. The Labute approximate surface area is 172 Å². The van der Waals surface area contributed by atoms with Gasteiger partial charge in [-0.05, 0) is 42.6 Å². The van der Waals surface area contributed by atoms with Crippen LogP contribution in [0.1, 0.15) is 35.6 Å². The van der Waals surface area contributed by atoms with E-state index in [1.54, 1.807) is 0 Å². The maximum atomic E-state index is 13.0. The third-order valence-electron chi connectivity index (χ3n) is 5.50. The van der Waals surface area contributed by atoms with Gasteiger partial charge in [0.05, 0.1) is 12.5 Å². The number of nitrogens with one attached hydrogen (secondary N) is 1. The van der Waals surface area contributed by atoms with Crippen molar-refractivity contribution in [3.05, 3.63) is 71.3 Å². The van der Waals surface area contributed by atoms with Crippen molar-refractivity contribution in [3.8, 4) is 0 Å². The fourth-order valence-corrected chi connectivity index (χ4v) is 3.76. The number of carbonyl (C=O) groups excluding carboxylic acids is 1. The number of carbonyl (C=O) groups is 2. The number of amides is 2. The van der Waals surface area contributed by atoms with Gasteiger partial charge in [0.15, 0.2) is 0 Å². The van der Waals surface area contributed by atoms with Crippen molar-refractivity contribution in [2.45, 2.75) is 31.8 Å². The highest BCUT2D eigenvalue weighted by molar-refractivity contribution is 5.79. The summed E-state index contributed by atoms with van der Waals surface area (Å²) in [6.07, 6.45) is 1.73. The molecule has 1 heterocycles. The van der Waals surface area contributed by atoms with Gasteiger partial charge in [0.2, 0.25) is 5.91 Å². The molecule has 1 aliphatic heterocycles. The van der Waals surface area contributed by atoms with E-state index in [2.05, 4.69) is 22.3 Å². The molecule has 1 aliphatic rings. The summed E-state index contributed by atoms with van der Waals surface area (Å²) in [6.45, 7) is 3.30. The lowest BCUT2D eigenvalue weighted by Gasteiger charge is -2.32. The van der Waals surface area contributed by atoms with E-state index in [1.807, 2.05) is 54.4 Å². The van der Waals surface area contributed by atoms with Crippen LogP contribution in [-0.2, 0) is 17.8 Å². The Hall–Kier alpha value is -2.86. The van der Waals surface area contributed by atoms with E-state index >= 15 is 0 Å². The van der Waals surface area contributed by atoms with Gasteiger partial charge in [0.1, 0.15) is 0 Å². The van der Waals surface area contributed by atoms with Crippen LogP contribution in [0.4, 0.5) is 4.79 Å². The first-order valence-corrected chi connectivity index (χ1v) is 10.1. The van der Waals surface area contributed by atoms with Crippen LogP contribution >= 0.6 is 0 Å². The topological polar surface area (TPSA) is 72.9 Å². The molecule has 0 spiro atoms. The van der Waals surface area contributed by atoms with Crippen molar-refractivity contribution in [2.24, 2.45) is 0 Å². The van der Waals surface area contributed by atoms with Crippen LogP contribution in [0.2, 0.25) is 0 Å². The van der Waals surface area contributed by atoms with E-state index in [9.17, 15) is 9.59 Å². The molecule has 1 unspecified atom stereocenters. The number of rotatable bonds is 8. The Morgan fingerprint density at radius 3 is 2.28 bits per heavy atom. The van der Waals surface area contributed by atoms with Crippen molar-refractivity contribution in [3.63, 3.8) is 0 Å². The third kappa shape index (κ3) is 6.06. The Balaban J connectivity index is 1.66. The number of likely N-dealkylation sites (N-methyl/N-ethyl adjacent to an activating group) is 1. The molecule has 2 amide bonds. The number of likely N-dealkylation sites (tertiary alicyclic amines) is 1. The zero-order valence-electron chi connectivity index (χ0n) is 16.9. The summed E-state index contributed by atoms with van der Waals surface area (Å²) in [5, 5.41) is 11.0. The minimum atomic E-state index is -1.05. The SMILES string of the molecule is CN(C(=O)Cc1ccc(CNC(=O)O)cc1)C(CN1CCCC1)c1ccccc1. The second kappa shape index (κ2) is 10.1. The van der Waals surface area contributed by atoms with Gasteiger partial charge in [0.25, 0.3) is 0 Å². The van der Waals surface area contributed by atoms with E-state index < -0.39 is 6.09 Å². The Bertz CT molecular complexity index is 802. The monoisotopic (exact) mass is 395 g/mol. The fourth-order valence-electron chi connectivity index (χ4n) is 3.76. The van der Waals surface area contributed by atoms with Gasteiger partial charge in [-0.3, -0.25) is 4.79 Å². The van der Waals surface area contributed by atoms with Gasteiger partial charge in [0, 0.05) is 20.1 Å². The van der Waals surface area contributed by atoms with E-state index in [0.717, 1.165) is 36.3 Å². The van der Waals surface area contributed by atoms with Crippen molar-refractivity contribution in [1.82, 2.24) is 15.1 Å². The maximum Gasteiger partial charge on any atom is 0.404 e. The van der Waals surface area contributed by atoms with Crippen LogP contribution < -0.4 is 5.32 Å². The number of hydrogen-bond donors (Lipinski definition) is 2. The normalized spacial score (nSPS) is 15.1. The molecule has 0 aliphatic carbocycles. The average molecular weight is 396 g/mol. The third-order valence-corrected chi connectivity index (χ3v) is 5.50. The van der Waals surface area contributed by atoms with Crippen molar-refractivity contribution >= 4 is 12.0 Å². The predicted octanol–water partition coefficient (Wildman–Crippen LogP) is 3.29. The molecule has 0 saturated carbocycles. The summed E-state index contributed by atoms with van der Waals surface area (Å²) in [5.41, 5.74) is 2.95. The van der Waals surface area contributed by atoms with Gasteiger partial charge >= 0.3 is 6.09 Å². The minimum Gasteiger partial charge on any atom is -0.465 e. The first kappa shape index (κ1) is 20.9. The average Bonchev–Trinajstić information content (AvgIpc) is 3.25. The van der Waals surface area contributed by atoms with Gasteiger partial charge in [-0.25, -0.2) is 4.79 Å². The smallest absolute Gasteiger partial charge is 0.404 e. The summed E-state index contributed by atoms with van der Waals surface area (Å²) in [7, 11) is 1.89. The van der Waals surface area contributed by atoms with Gasteiger partial charge in [-0.1, -0.05) is 54.6 Å². The Morgan fingerprint density at radius 2 is 1.66 bits per heavy atom. The summed E-state index contributed by atoms with van der Waals surface area (Å²) in [5.74, 6) is 0.0782. The van der Waals surface area contributed by atoms with E-state index in [0.29, 0.717) is 6.42 Å². The second-order valence-electron chi connectivity index (χ2n) is 7.59. The molecule has 6 nitrogen and oxygen atoms in total. The van der Waals surface area contributed by atoms with Gasteiger partial charge < -0.3 is 20.2 Å². The lowest BCUT2D eigenvalue weighted by atomic mass is 10.0. The van der Waals surface area contributed by atoms with Crippen LogP contribution in [0, 0.1) is 0 Å². The number of carboxylic acid groups (broad SMARTS) is 1. The molecule has 1 atom stereocenters. The molecular weight excluding hydrogens is 366 g/mol. The van der Waals surface area contributed by atoms with Gasteiger partial charge in [-0.15, -0.1) is 0 Å². The first-order chi connectivity index (χ1) is 14.0. The summed E-state index contributed by atoms with van der Waals surface area (Å²) in [4.78, 5) is 27.9. The highest BCUT2D eigenvalue weighted by Crippen LogP contribution is 2.23. The molecule has 1 saturated heterocycles. The number of benzene rings is 2. The zero-order valence-corrected chi connectivity index (χ0v) is 16.9. The summed E-state index contributed by atoms with van der Waals surface area (Å²) in [6, 6.07) is 17.8. The molecule has 2 aromatic rings. The van der Waals surface area contributed by atoms with Crippen LogP contribution in [0.3, 0.4) is 0 Å². The molecule has 6 heteroatoms. The maximum absolute atomic E-state index is 13.0. The molecule has 0 aromatic heterocycles. The fraction of sp³-hybridized carbons (Fsp3) is 0.391. The molecule has 0 bridgehead atoms. The first-order valence-electron chi connectivity index (χ1n) is 10.1. The second-order valence-corrected chi connectivity index (χ2v) is 7.59. The highest BCUT2D eigenvalue weighted by Gasteiger charge is 2.25. The minimum absolute atomic E-state index is 0.0286. The van der Waals surface area contributed by atoms with Crippen LogP contribution in [0.5, 0.6) is 0 Å². The Morgan fingerprint density at radius 1 is 1.03 bits per heavy atom. The molecule has 154 valence electrons. The molecule has 0 radical (unpaired) electrons. The number of hydrogen-bond acceptors (Lipinski definition) is 3.